The van der Waals surface area contributed by atoms with Crippen molar-refractivity contribution in [3.05, 3.63) is 29.1 Å². The summed E-state index contributed by atoms with van der Waals surface area (Å²) in [4.78, 5) is 27.1. The summed E-state index contributed by atoms with van der Waals surface area (Å²) in [6.45, 7) is 0.413. The van der Waals surface area contributed by atoms with E-state index in [2.05, 4.69) is 10.3 Å². The number of carbonyl (C=O) groups excluding carboxylic acids is 2. The Bertz CT molecular complexity index is 706. The molecule has 1 fully saturated rings. The zero-order valence-electron chi connectivity index (χ0n) is 12.3. The number of halogens is 3. The molecule has 0 bridgehead atoms. The summed E-state index contributed by atoms with van der Waals surface area (Å²) in [5, 5.41) is 11.3. The number of nitrogens with two attached hydrogens (primary N) is 1. The second kappa shape index (κ2) is 6.45. The summed E-state index contributed by atoms with van der Waals surface area (Å²) in [7, 11) is 0. The van der Waals surface area contributed by atoms with E-state index < -0.39 is 34.8 Å². The lowest BCUT2D eigenvalue weighted by atomic mass is 9.89. The molecule has 2 heterocycles. The van der Waals surface area contributed by atoms with Gasteiger partial charge in [0.15, 0.2) is 5.69 Å². The molecular weight excluding hydrogens is 329 g/mol. The second-order valence-corrected chi connectivity index (χ2v) is 5.24. The fraction of sp³-hybridized carbons (Fsp3) is 0.429. The summed E-state index contributed by atoms with van der Waals surface area (Å²) < 4.78 is 43.3. The number of hydrogen-bond acceptors (Lipinski definition) is 5. The maximum atomic E-state index is 12.7. The molecule has 128 valence electrons. The smallest absolute Gasteiger partial charge is 0.381 e. The van der Waals surface area contributed by atoms with Crippen molar-refractivity contribution < 1.29 is 27.5 Å². The lowest BCUT2D eigenvalue weighted by molar-refractivity contribution is -0.141. The first-order chi connectivity index (χ1) is 11.2. The quantitative estimate of drug-likeness (QED) is 0.840. The van der Waals surface area contributed by atoms with Gasteiger partial charge in [-0.3, -0.25) is 9.59 Å². The van der Waals surface area contributed by atoms with Crippen molar-refractivity contribution in [2.45, 2.75) is 24.6 Å². The highest BCUT2D eigenvalue weighted by Gasteiger charge is 2.41. The topological polar surface area (TPSA) is 118 Å². The van der Waals surface area contributed by atoms with Gasteiger partial charge < -0.3 is 15.8 Å². The molecule has 0 aromatic carbocycles. The van der Waals surface area contributed by atoms with Gasteiger partial charge in [-0.2, -0.15) is 18.4 Å². The highest BCUT2D eigenvalue weighted by molar-refractivity contribution is 5.99. The molecule has 1 aliphatic rings. The Labute approximate surface area is 134 Å². The van der Waals surface area contributed by atoms with Gasteiger partial charge in [0.1, 0.15) is 11.6 Å². The number of carbonyl (C=O) groups is 2. The number of amides is 2. The van der Waals surface area contributed by atoms with Crippen LogP contribution in [0.2, 0.25) is 0 Å². The Morgan fingerprint density at radius 1 is 1.38 bits per heavy atom. The predicted octanol–water partition coefficient (Wildman–Crippen LogP) is 0.736. The Hall–Kier alpha value is -2.67. The largest absolute Gasteiger partial charge is 0.434 e. The maximum Gasteiger partial charge on any atom is 0.434 e. The van der Waals surface area contributed by atoms with Crippen molar-refractivity contribution in [1.82, 2.24) is 10.3 Å². The minimum Gasteiger partial charge on any atom is -0.381 e. The van der Waals surface area contributed by atoms with Crippen LogP contribution >= 0.6 is 0 Å². The molecule has 0 atom stereocenters. The predicted molar refractivity (Wildman–Crippen MR) is 73.4 cm³/mol. The molecule has 2 rings (SSSR count). The summed E-state index contributed by atoms with van der Waals surface area (Å²) in [6, 6.07) is 2.14. The normalized spacial score (nSPS) is 16.9. The first-order valence-corrected chi connectivity index (χ1v) is 6.87. The molecule has 1 aromatic rings. The number of rotatable bonds is 3. The first-order valence-electron chi connectivity index (χ1n) is 6.87. The Kier molecular flexibility index (Phi) is 4.75. The van der Waals surface area contributed by atoms with E-state index in [1.54, 1.807) is 0 Å². The van der Waals surface area contributed by atoms with E-state index in [0.29, 0.717) is 6.20 Å². The molecule has 2 amide bonds. The number of nitrogens with one attached hydrogen (secondary N) is 1. The first kappa shape index (κ1) is 17.7. The average molecular weight is 342 g/mol. The second-order valence-electron chi connectivity index (χ2n) is 5.24. The molecular formula is C14H13F3N4O3. The molecule has 7 nitrogen and oxygen atoms in total. The fourth-order valence-electron chi connectivity index (χ4n) is 2.34. The number of aromatic nitrogens is 1. The highest BCUT2D eigenvalue weighted by Crippen LogP contribution is 2.30. The number of alkyl halides is 3. The maximum absolute atomic E-state index is 12.7. The molecule has 10 heteroatoms. The van der Waals surface area contributed by atoms with E-state index in [-0.39, 0.29) is 31.6 Å². The van der Waals surface area contributed by atoms with Gasteiger partial charge in [-0.15, -0.1) is 0 Å². The molecule has 0 saturated carbocycles. The van der Waals surface area contributed by atoms with Crippen molar-refractivity contribution in [1.29, 1.82) is 5.26 Å². The summed E-state index contributed by atoms with van der Waals surface area (Å²) >= 11 is 0. The van der Waals surface area contributed by atoms with E-state index in [4.69, 9.17) is 15.7 Å². The van der Waals surface area contributed by atoms with Crippen molar-refractivity contribution in [2.24, 2.45) is 5.73 Å². The lowest BCUT2D eigenvalue weighted by Gasteiger charge is -2.34. The average Bonchev–Trinajstić information content (AvgIpc) is 2.54. The number of nitriles is 1. The molecule has 3 N–H and O–H groups in total. The number of primary amides is 1. The fourth-order valence-corrected chi connectivity index (χ4v) is 2.34. The van der Waals surface area contributed by atoms with Gasteiger partial charge >= 0.3 is 6.18 Å². The Balaban J connectivity index is 2.30. The molecule has 0 spiro atoms. The van der Waals surface area contributed by atoms with Crippen LogP contribution in [0.25, 0.3) is 0 Å². The molecule has 24 heavy (non-hydrogen) atoms. The van der Waals surface area contributed by atoms with Gasteiger partial charge in [0.2, 0.25) is 5.91 Å². The van der Waals surface area contributed by atoms with Crippen molar-refractivity contribution >= 4 is 11.8 Å². The van der Waals surface area contributed by atoms with Gasteiger partial charge in [0.25, 0.3) is 5.91 Å². The van der Waals surface area contributed by atoms with Gasteiger partial charge in [0, 0.05) is 32.3 Å². The number of ether oxygens (including phenoxy) is 1. The van der Waals surface area contributed by atoms with Crippen molar-refractivity contribution in [3.63, 3.8) is 0 Å². The van der Waals surface area contributed by atoms with Crippen LogP contribution in [0.4, 0.5) is 13.2 Å². The Morgan fingerprint density at radius 2 is 2.00 bits per heavy atom. The van der Waals surface area contributed by atoms with Crippen LogP contribution in [-0.4, -0.2) is 35.6 Å². The van der Waals surface area contributed by atoms with Crippen LogP contribution < -0.4 is 11.1 Å². The van der Waals surface area contributed by atoms with E-state index in [9.17, 15) is 22.8 Å². The van der Waals surface area contributed by atoms with Gasteiger partial charge in [-0.25, -0.2) is 4.98 Å². The molecule has 1 aromatic heterocycles. The van der Waals surface area contributed by atoms with Crippen LogP contribution in [-0.2, 0) is 15.7 Å². The SMILES string of the molecule is N#Cc1cc(C(=O)NC2(C(N)=O)CCOCC2)cnc1C(F)(F)F. The van der Waals surface area contributed by atoms with Crippen LogP contribution in [0.15, 0.2) is 12.3 Å². The van der Waals surface area contributed by atoms with Gasteiger partial charge in [0.05, 0.1) is 11.1 Å². The molecule has 0 unspecified atom stereocenters. The number of nitrogens with zero attached hydrogens (tertiary/aromatic N) is 2. The zero-order chi connectivity index (χ0) is 18.0. The standard InChI is InChI=1S/C14H13F3N4O3/c15-14(16,17)10-8(6-18)5-9(7-20-10)11(22)21-13(12(19)23)1-3-24-4-2-13/h5,7H,1-4H2,(H2,19,23)(H,21,22). The molecule has 1 saturated heterocycles. The summed E-state index contributed by atoms with van der Waals surface area (Å²) in [5.41, 5.74) is 1.57. The van der Waals surface area contributed by atoms with E-state index in [1.165, 1.54) is 6.07 Å². The van der Waals surface area contributed by atoms with E-state index in [1.807, 2.05) is 0 Å². The third-order valence-electron chi connectivity index (χ3n) is 3.71. The minimum atomic E-state index is -4.81. The van der Waals surface area contributed by atoms with Crippen molar-refractivity contribution in [2.75, 3.05) is 13.2 Å². The van der Waals surface area contributed by atoms with E-state index in [0.717, 1.165) is 6.07 Å². The summed E-state index contributed by atoms with van der Waals surface area (Å²) in [6.07, 6.45) is -3.82. The number of pyridine rings is 1. The number of hydrogen-bond donors (Lipinski definition) is 2. The zero-order valence-corrected chi connectivity index (χ0v) is 12.3. The van der Waals surface area contributed by atoms with Gasteiger partial charge in [-0.05, 0) is 6.07 Å². The molecule has 0 aliphatic carbocycles. The highest BCUT2D eigenvalue weighted by atomic mass is 19.4. The van der Waals surface area contributed by atoms with Crippen LogP contribution in [0.3, 0.4) is 0 Å². The third kappa shape index (κ3) is 3.46. The van der Waals surface area contributed by atoms with E-state index >= 15 is 0 Å². The third-order valence-corrected chi connectivity index (χ3v) is 3.71. The monoisotopic (exact) mass is 342 g/mol. The Morgan fingerprint density at radius 3 is 2.50 bits per heavy atom. The van der Waals surface area contributed by atoms with Crippen LogP contribution in [0.1, 0.15) is 34.5 Å². The molecule has 1 aliphatic heterocycles. The lowest BCUT2D eigenvalue weighted by Crippen LogP contribution is -2.60. The van der Waals surface area contributed by atoms with Crippen LogP contribution in [0, 0.1) is 11.3 Å². The minimum absolute atomic E-state index is 0.146. The van der Waals surface area contributed by atoms with Crippen LogP contribution in [0.5, 0.6) is 0 Å². The van der Waals surface area contributed by atoms with Crippen molar-refractivity contribution in [3.8, 4) is 6.07 Å². The molecule has 0 radical (unpaired) electrons. The van der Waals surface area contributed by atoms with Gasteiger partial charge in [-0.1, -0.05) is 0 Å². The summed E-state index contributed by atoms with van der Waals surface area (Å²) in [5.74, 6) is -1.60.